The molecule has 0 aliphatic heterocycles. The first kappa shape index (κ1) is 14.5. The fraction of sp³-hybridized carbons (Fsp3) is 0.533. The van der Waals surface area contributed by atoms with Crippen LogP contribution in [0, 0.1) is 11.8 Å². The third-order valence-electron chi connectivity index (χ3n) is 3.93. The van der Waals surface area contributed by atoms with Crippen LogP contribution < -0.4 is 5.32 Å². The molecule has 1 amide bonds. The van der Waals surface area contributed by atoms with Crippen LogP contribution in [0.3, 0.4) is 0 Å². The summed E-state index contributed by atoms with van der Waals surface area (Å²) in [5, 5.41) is 11.7. The first-order valence-corrected chi connectivity index (χ1v) is 7.04. The molecule has 5 heteroatoms. The van der Waals surface area contributed by atoms with Crippen molar-refractivity contribution < 1.29 is 14.7 Å². The van der Waals surface area contributed by atoms with Gasteiger partial charge in [-0.3, -0.25) is 4.79 Å². The predicted octanol–water partition coefficient (Wildman–Crippen LogP) is 2.34. The number of nitrogens with zero attached hydrogens (tertiary/aromatic N) is 1. The minimum Gasteiger partial charge on any atom is -0.477 e. The molecule has 0 unspecified atom stereocenters. The Labute approximate surface area is 118 Å². The van der Waals surface area contributed by atoms with Crippen LogP contribution in [0.5, 0.6) is 0 Å². The Morgan fingerprint density at radius 1 is 1.35 bits per heavy atom. The number of nitrogens with one attached hydrogen (secondary N) is 1. The van der Waals surface area contributed by atoms with E-state index in [1.54, 1.807) is 0 Å². The fourth-order valence-corrected chi connectivity index (χ4v) is 2.56. The second-order valence-corrected chi connectivity index (χ2v) is 5.57. The minimum atomic E-state index is -1.12. The molecule has 0 radical (unpaired) electrons. The molecule has 2 rings (SSSR count). The molecule has 1 aromatic rings. The molecule has 1 aliphatic rings. The molecule has 0 atom stereocenters. The third-order valence-corrected chi connectivity index (χ3v) is 3.93. The largest absolute Gasteiger partial charge is 0.477 e. The predicted molar refractivity (Wildman–Crippen MR) is 74.7 cm³/mol. The van der Waals surface area contributed by atoms with Gasteiger partial charge >= 0.3 is 5.97 Å². The summed E-state index contributed by atoms with van der Waals surface area (Å²) in [5.41, 5.74) is 0.241. The maximum atomic E-state index is 12.0. The van der Waals surface area contributed by atoms with Gasteiger partial charge in [0.2, 0.25) is 0 Å². The number of amides is 1. The highest BCUT2D eigenvalue weighted by molar-refractivity contribution is 5.96. The molecule has 0 saturated heterocycles. The van der Waals surface area contributed by atoms with Gasteiger partial charge in [0.05, 0.1) is 0 Å². The highest BCUT2D eigenvalue weighted by Crippen LogP contribution is 2.27. The van der Waals surface area contributed by atoms with Crippen LogP contribution in [0.25, 0.3) is 0 Å². The number of carbonyl (C=O) groups is 2. The lowest BCUT2D eigenvalue weighted by Crippen LogP contribution is -2.31. The van der Waals surface area contributed by atoms with Crippen LogP contribution in [-0.4, -0.2) is 28.5 Å². The molecule has 1 aromatic heterocycles. The first-order valence-electron chi connectivity index (χ1n) is 7.04. The van der Waals surface area contributed by atoms with Gasteiger partial charge in [0.15, 0.2) is 0 Å². The number of carbonyl (C=O) groups excluding carboxylic acids is 1. The quantitative estimate of drug-likeness (QED) is 0.884. The maximum Gasteiger partial charge on any atom is 0.354 e. The van der Waals surface area contributed by atoms with Crippen LogP contribution in [0.4, 0.5) is 0 Å². The maximum absolute atomic E-state index is 12.0. The summed E-state index contributed by atoms with van der Waals surface area (Å²) < 4.78 is 0. The molecule has 1 aliphatic carbocycles. The Balaban J connectivity index is 1.88. The van der Waals surface area contributed by atoms with Crippen LogP contribution in [0.2, 0.25) is 0 Å². The van der Waals surface area contributed by atoms with E-state index in [1.807, 2.05) is 0 Å². The highest BCUT2D eigenvalue weighted by atomic mass is 16.4. The fourth-order valence-electron chi connectivity index (χ4n) is 2.56. The molecular weight excluding hydrogens is 256 g/mol. The lowest BCUT2D eigenvalue weighted by molar-refractivity contribution is 0.0690. The normalized spacial score (nSPS) is 22.2. The highest BCUT2D eigenvalue weighted by Gasteiger charge is 2.19. The zero-order valence-electron chi connectivity index (χ0n) is 11.6. The van der Waals surface area contributed by atoms with E-state index in [4.69, 9.17) is 5.11 Å². The Kier molecular flexibility index (Phi) is 4.71. The van der Waals surface area contributed by atoms with Gasteiger partial charge in [-0.05, 0) is 36.8 Å². The molecule has 108 valence electrons. The molecule has 1 saturated carbocycles. The van der Waals surface area contributed by atoms with Crippen LogP contribution in [0.1, 0.15) is 53.5 Å². The summed E-state index contributed by atoms with van der Waals surface area (Å²) >= 11 is 0. The summed E-state index contributed by atoms with van der Waals surface area (Å²) in [7, 11) is 0. The average molecular weight is 276 g/mol. The lowest BCUT2D eigenvalue weighted by Gasteiger charge is -2.26. The van der Waals surface area contributed by atoms with Gasteiger partial charge in [0.25, 0.3) is 5.91 Å². The summed E-state index contributed by atoms with van der Waals surface area (Å²) in [6.45, 7) is 2.93. The Bertz CT molecular complexity index is 494. The SMILES string of the molecule is CC1CCC(CNC(=O)c2ccnc(C(=O)O)c2)CC1. The number of aromatic nitrogens is 1. The van der Waals surface area contributed by atoms with Crippen molar-refractivity contribution in [3.8, 4) is 0 Å². The van der Waals surface area contributed by atoms with Crippen molar-refractivity contribution in [2.75, 3.05) is 6.54 Å². The summed E-state index contributed by atoms with van der Waals surface area (Å²) in [4.78, 5) is 26.5. The van der Waals surface area contributed by atoms with E-state index in [9.17, 15) is 9.59 Å². The smallest absolute Gasteiger partial charge is 0.354 e. The molecule has 0 spiro atoms. The van der Waals surface area contributed by atoms with Crippen molar-refractivity contribution in [3.63, 3.8) is 0 Å². The van der Waals surface area contributed by atoms with Gasteiger partial charge in [0.1, 0.15) is 5.69 Å². The van der Waals surface area contributed by atoms with E-state index in [1.165, 1.54) is 31.2 Å². The van der Waals surface area contributed by atoms with Crippen LogP contribution >= 0.6 is 0 Å². The zero-order valence-corrected chi connectivity index (χ0v) is 11.6. The van der Waals surface area contributed by atoms with E-state index in [-0.39, 0.29) is 11.6 Å². The zero-order chi connectivity index (χ0) is 14.5. The monoisotopic (exact) mass is 276 g/mol. The average Bonchev–Trinajstić information content (AvgIpc) is 2.46. The van der Waals surface area contributed by atoms with E-state index >= 15 is 0 Å². The third kappa shape index (κ3) is 3.79. The topological polar surface area (TPSA) is 79.3 Å². The Morgan fingerprint density at radius 2 is 2.05 bits per heavy atom. The number of aromatic carboxylic acids is 1. The van der Waals surface area contributed by atoms with Crippen molar-refractivity contribution in [2.45, 2.75) is 32.6 Å². The number of rotatable bonds is 4. The summed E-state index contributed by atoms with van der Waals surface area (Å²) in [5.74, 6) is -0.0226. The van der Waals surface area contributed by atoms with E-state index in [0.29, 0.717) is 18.0 Å². The van der Waals surface area contributed by atoms with Gasteiger partial charge in [-0.25, -0.2) is 9.78 Å². The van der Waals surface area contributed by atoms with Gasteiger partial charge in [-0.1, -0.05) is 19.8 Å². The number of hydrogen-bond acceptors (Lipinski definition) is 3. The van der Waals surface area contributed by atoms with Gasteiger partial charge in [0, 0.05) is 18.3 Å². The number of hydrogen-bond donors (Lipinski definition) is 2. The second-order valence-electron chi connectivity index (χ2n) is 5.57. The Hall–Kier alpha value is -1.91. The van der Waals surface area contributed by atoms with Gasteiger partial charge in [-0.15, -0.1) is 0 Å². The van der Waals surface area contributed by atoms with Gasteiger partial charge in [-0.2, -0.15) is 0 Å². The van der Waals surface area contributed by atoms with E-state index in [0.717, 1.165) is 18.8 Å². The van der Waals surface area contributed by atoms with E-state index in [2.05, 4.69) is 17.2 Å². The van der Waals surface area contributed by atoms with Crippen LogP contribution in [-0.2, 0) is 0 Å². The Morgan fingerprint density at radius 3 is 2.70 bits per heavy atom. The number of carboxylic acids is 1. The van der Waals surface area contributed by atoms with Crippen molar-refractivity contribution >= 4 is 11.9 Å². The van der Waals surface area contributed by atoms with E-state index < -0.39 is 5.97 Å². The summed E-state index contributed by atoms with van der Waals surface area (Å²) in [6.07, 6.45) is 6.09. The molecule has 2 N–H and O–H groups in total. The second kappa shape index (κ2) is 6.50. The molecular formula is C15H20N2O3. The molecule has 5 nitrogen and oxygen atoms in total. The first-order chi connectivity index (χ1) is 9.56. The lowest BCUT2D eigenvalue weighted by atomic mass is 9.83. The van der Waals surface area contributed by atoms with Crippen LogP contribution in [0.15, 0.2) is 18.3 Å². The minimum absolute atomic E-state index is 0.107. The van der Waals surface area contributed by atoms with Crippen molar-refractivity contribution in [1.29, 1.82) is 0 Å². The molecule has 0 aromatic carbocycles. The standard InChI is InChI=1S/C15H20N2O3/c1-10-2-4-11(5-3-10)9-17-14(18)12-6-7-16-13(8-12)15(19)20/h6-8,10-11H,2-5,9H2,1H3,(H,17,18)(H,19,20). The molecule has 20 heavy (non-hydrogen) atoms. The summed E-state index contributed by atoms with van der Waals surface area (Å²) in [6, 6.07) is 2.84. The number of pyridine rings is 1. The molecule has 0 bridgehead atoms. The van der Waals surface area contributed by atoms with Crippen molar-refractivity contribution in [2.24, 2.45) is 11.8 Å². The van der Waals surface area contributed by atoms with Crippen molar-refractivity contribution in [3.05, 3.63) is 29.6 Å². The van der Waals surface area contributed by atoms with Crippen molar-refractivity contribution in [1.82, 2.24) is 10.3 Å². The van der Waals surface area contributed by atoms with Gasteiger partial charge < -0.3 is 10.4 Å². The molecule has 1 heterocycles. The number of carboxylic acid groups (broad SMARTS) is 1. The molecule has 1 fully saturated rings.